The van der Waals surface area contributed by atoms with Gasteiger partial charge in [0.15, 0.2) is 0 Å². The van der Waals surface area contributed by atoms with Crippen molar-refractivity contribution in [3.05, 3.63) is 0 Å². The third-order valence-electron chi connectivity index (χ3n) is 2.42. The van der Waals surface area contributed by atoms with Crippen molar-refractivity contribution in [3.63, 3.8) is 0 Å². The van der Waals surface area contributed by atoms with E-state index in [1.165, 1.54) is 0 Å². The summed E-state index contributed by atoms with van der Waals surface area (Å²) in [5.41, 5.74) is -1.48. The first-order chi connectivity index (χ1) is 6.90. The van der Waals surface area contributed by atoms with Gasteiger partial charge in [-0.3, -0.25) is 4.79 Å². The zero-order valence-corrected chi connectivity index (χ0v) is 14.0. The summed E-state index contributed by atoms with van der Waals surface area (Å²) in [6.45, 7) is 7.24. The van der Waals surface area contributed by atoms with Crippen LogP contribution in [0.3, 0.4) is 0 Å². The van der Waals surface area contributed by atoms with Gasteiger partial charge in [0, 0.05) is 0 Å². The smallest absolute Gasteiger partial charge is 0.549 e. The van der Waals surface area contributed by atoms with Crippen molar-refractivity contribution in [2.24, 2.45) is 11.3 Å². The van der Waals surface area contributed by atoms with Crippen LogP contribution in [0.2, 0.25) is 0 Å². The molecule has 4 nitrogen and oxygen atoms in total. The fourth-order valence-electron chi connectivity index (χ4n) is 1.65. The summed E-state index contributed by atoms with van der Waals surface area (Å²) in [6.07, 6.45) is 0.455. The van der Waals surface area contributed by atoms with Crippen LogP contribution in [0.25, 0.3) is 0 Å². The quantitative estimate of drug-likeness (QED) is 0.305. The van der Waals surface area contributed by atoms with Gasteiger partial charge in [-0.15, -0.1) is 0 Å². The average molecular weight is 254 g/mol. The molecule has 0 N–H and O–H groups in total. The first kappa shape index (κ1) is 18.9. The van der Waals surface area contributed by atoms with Gasteiger partial charge < -0.3 is 14.6 Å². The summed E-state index contributed by atoms with van der Waals surface area (Å²) in [5, 5.41) is 11.1. The number of ether oxygens (including phenoxy) is 1. The molecule has 0 rings (SSSR count). The van der Waals surface area contributed by atoms with Crippen molar-refractivity contribution >= 4 is 11.9 Å². The molecule has 1 unspecified atom stereocenters. The molecule has 0 radical (unpaired) electrons. The van der Waals surface area contributed by atoms with E-state index < -0.39 is 17.4 Å². The van der Waals surface area contributed by atoms with Gasteiger partial charge in [0.1, 0.15) is 5.41 Å². The summed E-state index contributed by atoms with van der Waals surface area (Å²) in [6, 6.07) is 0. The molecule has 0 fully saturated rings. The van der Waals surface area contributed by atoms with Crippen molar-refractivity contribution < 1.29 is 70.8 Å². The van der Waals surface area contributed by atoms with Crippen molar-refractivity contribution in [1.29, 1.82) is 0 Å². The van der Waals surface area contributed by atoms with E-state index in [9.17, 15) is 14.7 Å². The van der Waals surface area contributed by atoms with E-state index in [0.29, 0.717) is 0 Å². The molecule has 0 aromatic heterocycles. The van der Waals surface area contributed by atoms with Gasteiger partial charge >= 0.3 is 57.4 Å². The summed E-state index contributed by atoms with van der Waals surface area (Å²) >= 11 is 0. The largest absolute Gasteiger partial charge is 1.00 e. The van der Waals surface area contributed by atoms with Crippen LogP contribution in [0.5, 0.6) is 0 Å². The fraction of sp³-hybridized carbons (Fsp3) is 0.818. The molecule has 0 saturated heterocycles. The van der Waals surface area contributed by atoms with Crippen LogP contribution in [-0.4, -0.2) is 18.5 Å². The third-order valence-corrected chi connectivity index (χ3v) is 2.42. The van der Waals surface area contributed by atoms with Gasteiger partial charge in [0.25, 0.3) is 0 Å². The zero-order valence-electron chi connectivity index (χ0n) is 10.8. The molecule has 1 atom stereocenters. The second kappa shape index (κ2) is 8.64. The van der Waals surface area contributed by atoms with E-state index in [4.69, 9.17) is 4.74 Å². The summed E-state index contributed by atoms with van der Waals surface area (Å²) < 4.78 is 4.80. The minimum Gasteiger partial charge on any atom is -0.549 e. The molecule has 16 heavy (non-hydrogen) atoms. The summed E-state index contributed by atoms with van der Waals surface area (Å²) in [7, 11) is 0. The standard InChI is InChI=1S/C11H20O4.K/c1-5-11(9(12)13,7-8(3)4)10(14)15-6-2;/h8H,5-7H2,1-4H3,(H,12,13);/q;+1/p-1. The fourth-order valence-corrected chi connectivity index (χ4v) is 1.65. The number of aliphatic carboxylic acids is 1. The van der Waals surface area contributed by atoms with Crippen LogP contribution in [-0.2, 0) is 14.3 Å². The SMILES string of the molecule is CCOC(=O)C(CC)(CC(C)C)C(=O)[O-].[K+]. The number of carboxylic acid groups (broad SMARTS) is 1. The molecule has 0 aliphatic heterocycles. The maximum absolute atomic E-state index is 11.6. The maximum Gasteiger partial charge on any atom is 1.00 e. The predicted octanol–water partition coefficient (Wildman–Crippen LogP) is -2.25. The number of hydrogen-bond acceptors (Lipinski definition) is 4. The number of carboxylic acids is 1. The van der Waals surface area contributed by atoms with E-state index in [1.807, 2.05) is 13.8 Å². The van der Waals surface area contributed by atoms with Gasteiger partial charge in [-0.05, 0) is 25.7 Å². The first-order valence-electron chi connectivity index (χ1n) is 5.29. The molecule has 0 amide bonds. The Morgan fingerprint density at radius 1 is 1.31 bits per heavy atom. The minimum absolute atomic E-state index is 0. The molecule has 0 bridgehead atoms. The number of carbonyl (C=O) groups is 2. The molecule has 0 aliphatic rings. The topological polar surface area (TPSA) is 66.4 Å². The zero-order chi connectivity index (χ0) is 12.1. The van der Waals surface area contributed by atoms with Gasteiger partial charge in [-0.25, -0.2) is 0 Å². The number of rotatable bonds is 6. The van der Waals surface area contributed by atoms with Crippen LogP contribution < -0.4 is 56.5 Å². The van der Waals surface area contributed by atoms with Crippen molar-refractivity contribution in [2.75, 3.05) is 6.61 Å². The molecule has 0 saturated carbocycles. The monoisotopic (exact) mass is 254 g/mol. The first-order valence-corrected chi connectivity index (χ1v) is 5.29. The maximum atomic E-state index is 11.6. The Labute approximate surface area is 140 Å². The van der Waals surface area contributed by atoms with Crippen LogP contribution in [0.4, 0.5) is 0 Å². The third kappa shape index (κ3) is 4.83. The van der Waals surface area contributed by atoms with Crippen LogP contribution in [0.1, 0.15) is 40.5 Å². The molecule has 0 aromatic carbocycles. The molecule has 5 heteroatoms. The van der Waals surface area contributed by atoms with Crippen LogP contribution in [0.15, 0.2) is 0 Å². The Bertz CT molecular complexity index is 240. The Morgan fingerprint density at radius 3 is 2.06 bits per heavy atom. The number of esters is 1. The Morgan fingerprint density at radius 2 is 1.81 bits per heavy atom. The average Bonchev–Trinajstić information content (AvgIpc) is 2.13. The number of carbonyl (C=O) groups excluding carboxylic acids is 2. The molecule has 0 aliphatic carbocycles. The number of hydrogen-bond donors (Lipinski definition) is 0. The normalized spacial score (nSPS) is 13.8. The van der Waals surface area contributed by atoms with Gasteiger partial charge in [-0.1, -0.05) is 20.8 Å². The van der Waals surface area contributed by atoms with E-state index in [1.54, 1.807) is 13.8 Å². The van der Waals surface area contributed by atoms with E-state index in [2.05, 4.69) is 0 Å². The van der Waals surface area contributed by atoms with Gasteiger partial charge in [0.2, 0.25) is 0 Å². The van der Waals surface area contributed by atoms with Crippen molar-refractivity contribution in [3.8, 4) is 0 Å². The molecule has 0 aromatic rings. The molecule has 0 spiro atoms. The van der Waals surface area contributed by atoms with Crippen LogP contribution in [0, 0.1) is 11.3 Å². The van der Waals surface area contributed by atoms with Gasteiger partial charge in [-0.2, -0.15) is 0 Å². The minimum atomic E-state index is -1.48. The molecule has 0 heterocycles. The second-order valence-electron chi connectivity index (χ2n) is 4.04. The van der Waals surface area contributed by atoms with E-state index >= 15 is 0 Å². The van der Waals surface area contributed by atoms with Crippen LogP contribution >= 0.6 is 0 Å². The van der Waals surface area contributed by atoms with Crippen molar-refractivity contribution in [2.45, 2.75) is 40.5 Å². The predicted molar refractivity (Wildman–Crippen MR) is 53.8 cm³/mol. The Hall–Kier alpha value is 0.576. The molecular weight excluding hydrogens is 235 g/mol. The second-order valence-corrected chi connectivity index (χ2v) is 4.04. The van der Waals surface area contributed by atoms with E-state index in [-0.39, 0.29) is 76.8 Å². The molecule has 88 valence electrons. The molecular formula is C11H19KO4. The Kier molecular flexibility index (Phi) is 10.2. The van der Waals surface area contributed by atoms with Crippen molar-refractivity contribution in [1.82, 2.24) is 0 Å². The van der Waals surface area contributed by atoms with E-state index in [0.717, 1.165) is 0 Å². The summed E-state index contributed by atoms with van der Waals surface area (Å²) in [4.78, 5) is 22.7. The summed E-state index contributed by atoms with van der Waals surface area (Å²) in [5.74, 6) is -1.91. The Balaban J connectivity index is 0. The van der Waals surface area contributed by atoms with Gasteiger partial charge in [0.05, 0.1) is 12.6 Å².